The number of hydrogen-bond acceptors (Lipinski definition) is 4. The number of hydrogen-bond donors (Lipinski definition) is 3. The normalized spacial score (nSPS) is 43.7. The summed E-state index contributed by atoms with van der Waals surface area (Å²) in [5.41, 5.74) is 0. The van der Waals surface area contributed by atoms with Gasteiger partial charge in [-0.05, 0) is 32.6 Å². The summed E-state index contributed by atoms with van der Waals surface area (Å²) in [7, 11) is 0. The maximum atomic E-state index is 12.2. The zero-order valence-electron chi connectivity index (χ0n) is 10.9. The first-order valence-electron chi connectivity index (χ1n) is 7.14. The van der Waals surface area contributed by atoms with E-state index >= 15 is 0 Å². The van der Waals surface area contributed by atoms with Crippen LogP contribution in [0.15, 0.2) is 0 Å². The van der Waals surface area contributed by atoms with Crippen molar-refractivity contribution in [1.29, 1.82) is 0 Å². The lowest BCUT2D eigenvalue weighted by Crippen LogP contribution is -2.58. The van der Waals surface area contributed by atoms with Crippen molar-refractivity contribution in [2.75, 3.05) is 13.2 Å². The maximum absolute atomic E-state index is 12.2. The SMILES string of the molecule is C[C@H]1OCCN[C@@H]1C(=O)NC1CC2CCC(C1)N2. The molecule has 1 amide bonds. The van der Waals surface area contributed by atoms with Crippen LogP contribution in [-0.2, 0) is 9.53 Å². The van der Waals surface area contributed by atoms with Gasteiger partial charge in [0.15, 0.2) is 0 Å². The summed E-state index contributed by atoms with van der Waals surface area (Å²) < 4.78 is 5.52. The molecule has 2 unspecified atom stereocenters. The molecule has 3 saturated heterocycles. The molecule has 3 rings (SSSR count). The Morgan fingerprint density at radius 2 is 2.00 bits per heavy atom. The van der Waals surface area contributed by atoms with E-state index in [1.165, 1.54) is 12.8 Å². The van der Waals surface area contributed by atoms with E-state index in [1.807, 2.05) is 6.92 Å². The number of morpholine rings is 1. The van der Waals surface area contributed by atoms with Gasteiger partial charge in [0.05, 0.1) is 12.7 Å². The van der Waals surface area contributed by atoms with Crippen molar-refractivity contribution in [3.05, 3.63) is 0 Å². The number of piperidine rings is 1. The molecule has 5 nitrogen and oxygen atoms in total. The predicted octanol–water partition coefficient (Wildman–Crippen LogP) is -0.237. The first kappa shape index (κ1) is 12.4. The lowest BCUT2D eigenvalue weighted by atomic mass is 9.99. The topological polar surface area (TPSA) is 62.4 Å². The molecule has 0 aromatic rings. The van der Waals surface area contributed by atoms with E-state index in [0.29, 0.717) is 24.7 Å². The number of carbonyl (C=O) groups is 1. The Balaban J connectivity index is 1.54. The van der Waals surface area contributed by atoms with Crippen LogP contribution < -0.4 is 16.0 Å². The lowest BCUT2D eigenvalue weighted by molar-refractivity contribution is -0.129. The van der Waals surface area contributed by atoms with E-state index in [2.05, 4.69) is 16.0 Å². The minimum Gasteiger partial charge on any atom is -0.375 e. The summed E-state index contributed by atoms with van der Waals surface area (Å²) in [6, 6.07) is 1.38. The monoisotopic (exact) mass is 253 g/mol. The Hall–Kier alpha value is -0.650. The van der Waals surface area contributed by atoms with Gasteiger partial charge in [-0.3, -0.25) is 4.79 Å². The lowest BCUT2D eigenvalue weighted by Gasteiger charge is -2.33. The molecule has 0 spiro atoms. The molecule has 0 saturated carbocycles. The minimum atomic E-state index is -0.189. The molecule has 3 aliphatic heterocycles. The van der Waals surface area contributed by atoms with Gasteiger partial charge in [0.25, 0.3) is 0 Å². The van der Waals surface area contributed by atoms with Gasteiger partial charge < -0.3 is 20.7 Å². The van der Waals surface area contributed by atoms with E-state index in [1.54, 1.807) is 0 Å². The third-order valence-electron chi connectivity index (χ3n) is 4.42. The van der Waals surface area contributed by atoms with Crippen LogP contribution in [0.4, 0.5) is 0 Å². The Labute approximate surface area is 108 Å². The average molecular weight is 253 g/mol. The van der Waals surface area contributed by atoms with E-state index in [-0.39, 0.29) is 18.1 Å². The molecule has 3 heterocycles. The van der Waals surface area contributed by atoms with E-state index in [4.69, 9.17) is 4.74 Å². The van der Waals surface area contributed by atoms with Crippen LogP contribution in [0.3, 0.4) is 0 Å². The Morgan fingerprint density at radius 3 is 2.67 bits per heavy atom. The molecule has 102 valence electrons. The van der Waals surface area contributed by atoms with Gasteiger partial charge in [0, 0.05) is 24.7 Å². The molecule has 5 heteroatoms. The smallest absolute Gasteiger partial charge is 0.240 e. The van der Waals surface area contributed by atoms with E-state index in [0.717, 1.165) is 19.4 Å². The highest BCUT2D eigenvalue weighted by Crippen LogP contribution is 2.26. The van der Waals surface area contributed by atoms with E-state index < -0.39 is 0 Å². The molecule has 3 fully saturated rings. The van der Waals surface area contributed by atoms with Crippen molar-refractivity contribution in [3.8, 4) is 0 Å². The van der Waals surface area contributed by atoms with Crippen LogP contribution in [0.2, 0.25) is 0 Å². The largest absolute Gasteiger partial charge is 0.375 e. The Kier molecular flexibility index (Phi) is 3.54. The standard InChI is InChI=1S/C13H23N3O2/c1-8-12(14-4-5-18-8)13(17)16-11-6-9-2-3-10(7-11)15-9/h8-12,14-15H,2-7H2,1H3,(H,16,17)/t8-,9?,10?,11?,12+/m1/s1. The molecule has 2 bridgehead atoms. The molecule has 0 aromatic heterocycles. The van der Waals surface area contributed by atoms with Gasteiger partial charge >= 0.3 is 0 Å². The molecule has 0 aromatic carbocycles. The zero-order valence-corrected chi connectivity index (χ0v) is 10.9. The third kappa shape index (κ3) is 2.53. The number of rotatable bonds is 2. The highest BCUT2D eigenvalue weighted by molar-refractivity contribution is 5.82. The van der Waals surface area contributed by atoms with Crippen molar-refractivity contribution < 1.29 is 9.53 Å². The zero-order chi connectivity index (χ0) is 12.5. The second kappa shape index (κ2) is 5.15. The van der Waals surface area contributed by atoms with Gasteiger partial charge in [-0.15, -0.1) is 0 Å². The molecule has 0 aliphatic carbocycles. The highest BCUT2D eigenvalue weighted by atomic mass is 16.5. The van der Waals surface area contributed by atoms with Crippen molar-refractivity contribution in [3.63, 3.8) is 0 Å². The van der Waals surface area contributed by atoms with E-state index in [9.17, 15) is 4.79 Å². The summed E-state index contributed by atoms with van der Waals surface area (Å²) in [5.74, 6) is 0.105. The molecule has 3 N–H and O–H groups in total. The predicted molar refractivity (Wildman–Crippen MR) is 68.3 cm³/mol. The molecule has 3 aliphatic rings. The quantitative estimate of drug-likeness (QED) is 0.636. The second-order valence-electron chi connectivity index (χ2n) is 5.82. The van der Waals surface area contributed by atoms with Crippen LogP contribution in [0.5, 0.6) is 0 Å². The molecule has 0 radical (unpaired) electrons. The van der Waals surface area contributed by atoms with Gasteiger partial charge in [-0.25, -0.2) is 0 Å². The average Bonchev–Trinajstić information content (AvgIpc) is 2.69. The molecule has 18 heavy (non-hydrogen) atoms. The summed E-state index contributed by atoms with van der Waals surface area (Å²) in [6.07, 6.45) is 4.64. The van der Waals surface area contributed by atoms with Crippen molar-refractivity contribution in [1.82, 2.24) is 16.0 Å². The summed E-state index contributed by atoms with van der Waals surface area (Å²) in [6.45, 7) is 3.42. The highest BCUT2D eigenvalue weighted by Gasteiger charge is 2.36. The fraction of sp³-hybridized carbons (Fsp3) is 0.923. The van der Waals surface area contributed by atoms with Gasteiger partial charge in [0.1, 0.15) is 6.04 Å². The molecule has 4 atom stereocenters. The first-order valence-corrected chi connectivity index (χ1v) is 7.14. The number of nitrogens with one attached hydrogen (secondary N) is 3. The van der Waals surface area contributed by atoms with Crippen LogP contribution in [-0.4, -0.2) is 49.3 Å². The van der Waals surface area contributed by atoms with Crippen molar-refractivity contribution in [2.24, 2.45) is 0 Å². The summed E-state index contributed by atoms with van der Waals surface area (Å²) in [5, 5.41) is 10.0. The number of carbonyl (C=O) groups excluding carboxylic acids is 1. The van der Waals surface area contributed by atoms with Gasteiger partial charge in [0.2, 0.25) is 5.91 Å². The van der Waals surface area contributed by atoms with Crippen molar-refractivity contribution >= 4 is 5.91 Å². The van der Waals surface area contributed by atoms with Crippen LogP contribution in [0.1, 0.15) is 32.6 Å². The molecular weight excluding hydrogens is 230 g/mol. The summed E-state index contributed by atoms with van der Waals surface area (Å²) in [4.78, 5) is 12.2. The minimum absolute atomic E-state index is 0.0304. The fourth-order valence-corrected chi connectivity index (χ4v) is 3.49. The molecular formula is C13H23N3O2. The van der Waals surface area contributed by atoms with Crippen LogP contribution in [0, 0.1) is 0 Å². The Bertz CT molecular complexity index is 311. The second-order valence-corrected chi connectivity index (χ2v) is 5.82. The maximum Gasteiger partial charge on any atom is 0.240 e. The van der Waals surface area contributed by atoms with Gasteiger partial charge in [-0.1, -0.05) is 0 Å². The van der Waals surface area contributed by atoms with Crippen LogP contribution in [0.25, 0.3) is 0 Å². The first-order chi connectivity index (χ1) is 8.72. The van der Waals surface area contributed by atoms with Crippen molar-refractivity contribution in [2.45, 2.75) is 62.9 Å². The Morgan fingerprint density at radius 1 is 1.28 bits per heavy atom. The fourth-order valence-electron chi connectivity index (χ4n) is 3.49. The summed E-state index contributed by atoms with van der Waals surface area (Å²) >= 11 is 0. The number of fused-ring (bicyclic) bond motifs is 2. The van der Waals surface area contributed by atoms with Crippen LogP contribution >= 0.6 is 0 Å². The number of amides is 1. The van der Waals surface area contributed by atoms with Gasteiger partial charge in [-0.2, -0.15) is 0 Å². The third-order valence-corrected chi connectivity index (χ3v) is 4.42. The number of ether oxygens (including phenoxy) is 1.